The minimum absolute atomic E-state index is 0.165. The number of aliphatic hydroxyl groups is 1. The van der Waals surface area contributed by atoms with Crippen LogP contribution in [-0.2, 0) is 6.54 Å². The third-order valence-corrected chi connectivity index (χ3v) is 5.39. The SMILES string of the molecule is CC1CCC(NC[C@@H]2C[C@H](O)CN2Cc2ccccc2)CC1. The summed E-state index contributed by atoms with van der Waals surface area (Å²) in [5.41, 5.74) is 1.34. The molecule has 0 radical (unpaired) electrons. The Bertz CT molecular complexity index is 442. The standard InChI is InChI=1S/C19H30N2O/c1-15-7-9-17(10-8-15)20-12-18-11-19(22)14-21(18)13-16-5-3-2-4-6-16/h2-6,15,17-20,22H,7-14H2,1H3/t15?,17?,18-,19-/m0/s1. The van der Waals surface area contributed by atoms with Crippen molar-refractivity contribution in [1.29, 1.82) is 0 Å². The van der Waals surface area contributed by atoms with Crippen LogP contribution >= 0.6 is 0 Å². The average molecular weight is 302 g/mol. The molecular formula is C19H30N2O. The molecule has 3 rings (SSSR count). The highest BCUT2D eigenvalue weighted by atomic mass is 16.3. The number of likely N-dealkylation sites (tertiary alicyclic amines) is 1. The normalized spacial score (nSPS) is 33.2. The van der Waals surface area contributed by atoms with Gasteiger partial charge >= 0.3 is 0 Å². The van der Waals surface area contributed by atoms with E-state index < -0.39 is 0 Å². The van der Waals surface area contributed by atoms with Gasteiger partial charge in [-0.1, -0.05) is 37.3 Å². The number of rotatable bonds is 5. The fourth-order valence-electron chi connectivity index (χ4n) is 3.95. The number of hydrogen-bond donors (Lipinski definition) is 2. The molecule has 1 saturated heterocycles. The predicted molar refractivity (Wildman–Crippen MR) is 90.7 cm³/mol. The highest BCUT2D eigenvalue weighted by Gasteiger charge is 2.31. The molecule has 1 saturated carbocycles. The molecule has 2 aliphatic rings. The molecule has 0 spiro atoms. The Morgan fingerprint density at radius 1 is 1.14 bits per heavy atom. The zero-order valence-electron chi connectivity index (χ0n) is 13.7. The van der Waals surface area contributed by atoms with Gasteiger partial charge < -0.3 is 10.4 Å². The smallest absolute Gasteiger partial charge is 0.0682 e. The number of hydrogen-bond acceptors (Lipinski definition) is 3. The Morgan fingerprint density at radius 2 is 1.86 bits per heavy atom. The molecule has 3 nitrogen and oxygen atoms in total. The monoisotopic (exact) mass is 302 g/mol. The van der Waals surface area contributed by atoms with Gasteiger partial charge in [0.2, 0.25) is 0 Å². The van der Waals surface area contributed by atoms with Crippen LogP contribution in [0.3, 0.4) is 0 Å². The second-order valence-corrected chi connectivity index (χ2v) is 7.32. The van der Waals surface area contributed by atoms with Crippen LogP contribution < -0.4 is 5.32 Å². The van der Waals surface area contributed by atoms with Gasteiger partial charge in [-0.25, -0.2) is 0 Å². The van der Waals surface area contributed by atoms with Crippen LogP contribution in [0.1, 0.15) is 44.6 Å². The van der Waals surface area contributed by atoms with Gasteiger partial charge in [-0.15, -0.1) is 0 Å². The van der Waals surface area contributed by atoms with Gasteiger partial charge in [0, 0.05) is 31.7 Å². The van der Waals surface area contributed by atoms with E-state index in [1.807, 2.05) is 0 Å². The Balaban J connectivity index is 1.50. The van der Waals surface area contributed by atoms with E-state index in [1.165, 1.54) is 31.2 Å². The van der Waals surface area contributed by atoms with E-state index in [9.17, 15) is 5.11 Å². The van der Waals surface area contributed by atoms with E-state index in [0.29, 0.717) is 12.1 Å². The molecule has 3 heteroatoms. The highest BCUT2D eigenvalue weighted by molar-refractivity contribution is 5.15. The van der Waals surface area contributed by atoms with Crippen LogP contribution in [0, 0.1) is 5.92 Å². The Kier molecular flexibility index (Phi) is 5.51. The second kappa shape index (κ2) is 7.58. The first-order valence-electron chi connectivity index (χ1n) is 8.90. The molecular weight excluding hydrogens is 272 g/mol. The molecule has 0 bridgehead atoms. The zero-order valence-corrected chi connectivity index (χ0v) is 13.7. The molecule has 1 aromatic rings. The van der Waals surface area contributed by atoms with E-state index in [-0.39, 0.29) is 6.10 Å². The third kappa shape index (κ3) is 4.31. The summed E-state index contributed by atoms with van der Waals surface area (Å²) in [5.74, 6) is 0.904. The molecule has 0 amide bonds. The summed E-state index contributed by atoms with van der Waals surface area (Å²) in [7, 11) is 0. The first-order chi connectivity index (χ1) is 10.7. The topological polar surface area (TPSA) is 35.5 Å². The summed E-state index contributed by atoms with van der Waals surface area (Å²) in [6.07, 6.45) is 6.09. The van der Waals surface area contributed by atoms with E-state index in [4.69, 9.17) is 0 Å². The summed E-state index contributed by atoms with van der Waals surface area (Å²) >= 11 is 0. The molecule has 1 aromatic carbocycles. The Hall–Kier alpha value is -0.900. The highest BCUT2D eigenvalue weighted by Crippen LogP contribution is 2.25. The van der Waals surface area contributed by atoms with E-state index in [1.54, 1.807) is 0 Å². The van der Waals surface area contributed by atoms with E-state index in [2.05, 4.69) is 47.5 Å². The zero-order chi connectivity index (χ0) is 15.4. The van der Waals surface area contributed by atoms with Crippen molar-refractivity contribution in [3.63, 3.8) is 0 Å². The Morgan fingerprint density at radius 3 is 2.59 bits per heavy atom. The first-order valence-corrected chi connectivity index (χ1v) is 8.90. The van der Waals surface area contributed by atoms with E-state index in [0.717, 1.165) is 32.0 Å². The van der Waals surface area contributed by atoms with Crippen molar-refractivity contribution >= 4 is 0 Å². The van der Waals surface area contributed by atoms with Gasteiger partial charge in [0.25, 0.3) is 0 Å². The molecule has 2 N–H and O–H groups in total. The van der Waals surface area contributed by atoms with Gasteiger partial charge in [-0.2, -0.15) is 0 Å². The van der Waals surface area contributed by atoms with Gasteiger partial charge in [0.15, 0.2) is 0 Å². The molecule has 1 aliphatic carbocycles. The maximum absolute atomic E-state index is 10.1. The molecule has 0 unspecified atom stereocenters. The number of nitrogens with zero attached hydrogens (tertiary/aromatic N) is 1. The third-order valence-electron chi connectivity index (χ3n) is 5.39. The number of aliphatic hydroxyl groups excluding tert-OH is 1. The summed E-state index contributed by atoms with van der Waals surface area (Å²) in [6.45, 7) is 5.14. The van der Waals surface area contributed by atoms with Crippen LogP contribution in [0.4, 0.5) is 0 Å². The number of nitrogens with one attached hydrogen (secondary N) is 1. The summed E-state index contributed by atoms with van der Waals surface area (Å²) in [5, 5.41) is 13.8. The molecule has 0 aromatic heterocycles. The van der Waals surface area contributed by atoms with Crippen molar-refractivity contribution in [2.45, 2.75) is 63.8 Å². The summed E-state index contributed by atoms with van der Waals surface area (Å²) < 4.78 is 0. The first kappa shape index (κ1) is 16.0. The van der Waals surface area contributed by atoms with Crippen LogP contribution in [0.25, 0.3) is 0 Å². The summed E-state index contributed by atoms with van der Waals surface area (Å²) in [4.78, 5) is 2.44. The van der Waals surface area contributed by atoms with Crippen LogP contribution in [0.2, 0.25) is 0 Å². The van der Waals surface area contributed by atoms with Crippen molar-refractivity contribution in [3.8, 4) is 0 Å². The minimum Gasteiger partial charge on any atom is -0.392 e. The molecule has 22 heavy (non-hydrogen) atoms. The number of benzene rings is 1. The van der Waals surface area contributed by atoms with Crippen LogP contribution in [0.5, 0.6) is 0 Å². The molecule has 2 atom stereocenters. The fourth-order valence-corrected chi connectivity index (χ4v) is 3.95. The van der Waals surface area contributed by atoms with E-state index >= 15 is 0 Å². The van der Waals surface area contributed by atoms with Gasteiger partial charge in [0.1, 0.15) is 0 Å². The van der Waals surface area contributed by atoms with Gasteiger partial charge in [-0.3, -0.25) is 4.90 Å². The largest absolute Gasteiger partial charge is 0.392 e. The lowest BCUT2D eigenvalue weighted by Gasteiger charge is -2.30. The lowest BCUT2D eigenvalue weighted by Crippen LogP contribution is -2.42. The van der Waals surface area contributed by atoms with Crippen molar-refractivity contribution in [2.24, 2.45) is 5.92 Å². The molecule has 1 heterocycles. The lowest BCUT2D eigenvalue weighted by atomic mass is 9.87. The van der Waals surface area contributed by atoms with Crippen LogP contribution in [0.15, 0.2) is 30.3 Å². The average Bonchev–Trinajstić information content (AvgIpc) is 2.87. The molecule has 2 fully saturated rings. The quantitative estimate of drug-likeness (QED) is 0.878. The summed E-state index contributed by atoms with van der Waals surface area (Å²) in [6, 6.07) is 11.8. The van der Waals surface area contributed by atoms with Crippen molar-refractivity contribution in [2.75, 3.05) is 13.1 Å². The van der Waals surface area contributed by atoms with Crippen molar-refractivity contribution in [3.05, 3.63) is 35.9 Å². The number of β-amino-alcohol motifs (C(OH)–C–C–N with tert-alkyl or cyclic N) is 1. The maximum atomic E-state index is 10.1. The van der Waals surface area contributed by atoms with Crippen molar-refractivity contribution < 1.29 is 5.11 Å². The minimum atomic E-state index is -0.165. The second-order valence-electron chi connectivity index (χ2n) is 7.32. The van der Waals surface area contributed by atoms with Gasteiger partial charge in [-0.05, 0) is 43.6 Å². The lowest BCUT2D eigenvalue weighted by molar-refractivity contribution is 0.172. The maximum Gasteiger partial charge on any atom is 0.0682 e. The van der Waals surface area contributed by atoms with Gasteiger partial charge in [0.05, 0.1) is 6.10 Å². The predicted octanol–water partition coefficient (Wildman–Crippen LogP) is 2.79. The van der Waals surface area contributed by atoms with Crippen molar-refractivity contribution in [1.82, 2.24) is 10.2 Å². The molecule has 122 valence electrons. The Labute approximate surface area is 134 Å². The van der Waals surface area contributed by atoms with Crippen LogP contribution in [-0.4, -0.2) is 41.3 Å². The fraction of sp³-hybridized carbons (Fsp3) is 0.684. The molecule has 1 aliphatic heterocycles.